The molecule has 1 N–H and O–H groups in total. The monoisotopic (exact) mass is 481 g/mol. The number of rotatable bonds is 9. The molecule has 0 saturated heterocycles. The van der Waals surface area contributed by atoms with Crippen molar-refractivity contribution in [3.8, 4) is 11.5 Å². The lowest BCUT2D eigenvalue weighted by Crippen LogP contribution is -2.32. The van der Waals surface area contributed by atoms with E-state index < -0.39 is 25.1 Å². The number of thiophene rings is 1. The predicted molar refractivity (Wildman–Crippen MR) is 120 cm³/mol. The third kappa shape index (κ3) is 5.09. The molecule has 0 radical (unpaired) electrons. The molecule has 1 atom stereocenters. The van der Waals surface area contributed by atoms with Crippen molar-refractivity contribution in [2.75, 3.05) is 20.8 Å². The topological polar surface area (TPSA) is 98.8 Å². The molecular formula is C21H23NO6S3. The minimum absolute atomic E-state index is 0.127. The van der Waals surface area contributed by atoms with E-state index >= 15 is 0 Å². The molecule has 3 aromatic rings. The summed E-state index contributed by atoms with van der Waals surface area (Å²) in [6.07, 6.45) is 0. The van der Waals surface area contributed by atoms with Crippen LogP contribution in [-0.4, -0.2) is 37.6 Å². The fraction of sp³-hybridized carbons (Fsp3) is 0.238. The zero-order valence-electron chi connectivity index (χ0n) is 17.2. The van der Waals surface area contributed by atoms with Crippen LogP contribution in [0.15, 0.2) is 69.8 Å². The molecule has 1 unspecified atom stereocenters. The van der Waals surface area contributed by atoms with Gasteiger partial charge in [-0.2, -0.15) is 0 Å². The number of hydrogen-bond donors (Lipinski definition) is 1. The van der Waals surface area contributed by atoms with Gasteiger partial charge in [0.25, 0.3) is 0 Å². The summed E-state index contributed by atoms with van der Waals surface area (Å²) in [6.45, 7) is 1.53. The largest absolute Gasteiger partial charge is 0.497 e. The molecular weight excluding hydrogens is 458 g/mol. The van der Waals surface area contributed by atoms with E-state index in [2.05, 4.69) is 4.72 Å². The molecule has 0 spiro atoms. The summed E-state index contributed by atoms with van der Waals surface area (Å²) in [7, 11) is -5.15. The molecule has 2 aromatic carbocycles. The number of ether oxygens (including phenoxy) is 2. The first-order chi connectivity index (χ1) is 14.7. The SMILES string of the molecule is COc1ccc(OC)c(S(=O)(=O)NCC(c2cccs2)S(=O)(=O)c2ccc(C)cc2)c1. The summed E-state index contributed by atoms with van der Waals surface area (Å²) in [5.41, 5.74) is 0.928. The second-order valence-corrected chi connectivity index (χ2v) is 11.6. The molecule has 31 heavy (non-hydrogen) atoms. The van der Waals surface area contributed by atoms with Crippen LogP contribution in [0.4, 0.5) is 0 Å². The van der Waals surface area contributed by atoms with Gasteiger partial charge in [-0.05, 0) is 42.6 Å². The summed E-state index contributed by atoms with van der Waals surface area (Å²) in [5, 5.41) is 0.675. The van der Waals surface area contributed by atoms with Crippen LogP contribution in [0.2, 0.25) is 0 Å². The van der Waals surface area contributed by atoms with Gasteiger partial charge in [-0.1, -0.05) is 23.8 Å². The van der Waals surface area contributed by atoms with Crippen molar-refractivity contribution in [2.24, 2.45) is 0 Å². The van der Waals surface area contributed by atoms with E-state index in [1.54, 1.807) is 35.7 Å². The molecule has 7 nitrogen and oxygen atoms in total. The highest BCUT2D eigenvalue weighted by Crippen LogP contribution is 2.33. The first-order valence-electron chi connectivity index (χ1n) is 9.24. The van der Waals surface area contributed by atoms with Crippen LogP contribution < -0.4 is 14.2 Å². The Morgan fingerprint density at radius 1 is 0.968 bits per heavy atom. The average molecular weight is 482 g/mol. The van der Waals surface area contributed by atoms with E-state index in [-0.39, 0.29) is 22.1 Å². The highest BCUT2D eigenvalue weighted by molar-refractivity contribution is 7.92. The Balaban J connectivity index is 1.96. The maximum absolute atomic E-state index is 13.3. The Labute approximate surface area is 186 Å². The van der Waals surface area contributed by atoms with Crippen LogP contribution >= 0.6 is 11.3 Å². The van der Waals surface area contributed by atoms with E-state index in [1.807, 2.05) is 6.92 Å². The molecule has 0 saturated carbocycles. The molecule has 3 rings (SSSR count). The van der Waals surface area contributed by atoms with Gasteiger partial charge in [0.1, 0.15) is 21.6 Å². The predicted octanol–water partition coefficient (Wildman–Crippen LogP) is 3.57. The summed E-state index contributed by atoms with van der Waals surface area (Å²) in [6, 6.07) is 14.3. The highest BCUT2D eigenvalue weighted by atomic mass is 32.2. The second kappa shape index (κ2) is 9.39. The number of hydrogen-bond acceptors (Lipinski definition) is 7. The Kier molecular flexibility index (Phi) is 7.05. The minimum atomic E-state index is -4.09. The number of sulfonamides is 1. The highest BCUT2D eigenvalue weighted by Gasteiger charge is 2.32. The fourth-order valence-corrected chi connectivity index (χ4v) is 7.11. The maximum Gasteiger partial charge on any atom is 0.244 e. The molecule has 1 heterocycles. The van der Waals surface area contributed by atoms with Crippen LogP contribution in [0.3, 0.4) is 0 Å². The van der Waals surface area contributed by atoms with Gasteiger partial charge in [-0.25, -0.2) is 21.6 Å². The van der Waals surface area contributed by atoms with Gasteiger partial charge in [0.15, 0.2) is 9.84 Å². The number of nitrogens with one attached hydrogen (secondary N) is 1. The molecule has 0 fully saturated rings. The molecule has 0 bridgehead atoms. The quantitative estimate of drug-likeness (QED) is 0.502. The van der Waals surface area contributed by atoms with Crippen molar-refractivity contribution in [3.63, 3.8) is 0 Å². The molecule has 10 heteroatoms. The van der Waals surface area contributed by atoms with Gasteiger partial charge < -0.3 is 9.47 Å². The van der Waals surface area contributed by atoms with Crippen molar-refractivity contribution in [3.05, 3.63) is 70.4 Å². The van der Waals surface area contributed by atoms with E-state index in [1.165, 1.54) is 49.8 Å². The third-order valence-electron chi connectivity index (χ3n) is 4.70. The lowest BCUT2D eigenvalue weighted by molar-refractivity contribution is 0.392. The van der Waals surface area contributed by atoms with Crippen molar-refractivity contribution in [2.45, 2.75) is 22.0 Å². The number of aryl methyl sites for hydroxylation is 1. The van der Waals surface area contributed by atoms with Crippen LogP contribution in [-0.2, 0) is 19.9 Å². The summed E-state index contributed by atoms with van der Waals surface area (Å²) >= 11 is 1.26. The minimum Gasteiger partial charge on any atom is -0.497 e. The summed E-state index contributed by atoms with van der Waals surface area (Å²) < 4.78 is 65.5. The number of sulfone groups is 1. The van der Waals surface area contributed by atoms with Crippen LogP contribution in [0.5, 0.6) is 11.5 Å². The Morgan fingerprint density at radius 2 is 1.68 bits per heavy atom. The van der Waals surface area contributed by atoms with Gasteiger partial charge in [0.05, 0.1) is 19.1 Å². The lowest BCUT2D eigenvalue weighted by Gasteiger charge is -2.18. The molecule has 0 aliphatic carbocycles. The average Bonchev–Trinajstić information content (AvgIpc) is 3.27. The second-order valence-electron chi connectivity index (χ2n) is 6.73. The number of methoxy groups -OCH3 is 2. The van der Waals surface area contributed by atoms with Crippen LogP contribution in [0.1, 0.15) is 15.7 Å². The normalized spacial score (nSPS) is 13.0. The van der Waals surface area contributed by atoms with Gasteiger partial charge >= 0.3 is 0 Å². The molecule has 166 valence electrons. The van der Waals surface area contributed by atoms with Crippen molar-refractivity contribution in [1.29, 1.82) is 0 Å². The first-order valence-corrected chi connectivity index (χ1v) is 13.2. The molecule has 1 aromatic heterocycles. The van der Waals surface area contributed by atoms with Gasteiger partial charge in [0, 0.05) is 17.5 Å². The number of benzene rings is 2. The van der Waals surface area contributed by atoms with E-state index in [0.29, 0.717) is 10.6 Å². The zero-order valence-corrected chi connectivity index (χ0v) is 19.7. The van der Waals surface area contributed by atoms with Crippen molar-refractivity contribution >= 4 is 31.2 Å². The van der Waals surface area contributed by atoms with Crippen LogP contribution in [0.25, 0.3) is 0 Å². The van der Waals surface area contributed by atoms with Gasteiger partial charge in [0.2, 0.25) is 10.0 Å². The summed E-state index contributed by atoms with van der Waals surface area (Å²) in [4.78, 5) is 0.544. The molecule has 0 aliphatic rings. The van der Waals surface area contributed by atoms with Crippen LogP contribution in [0, 0.1) is 6.92 Å². The van der Waals surface area contributed by atoms with Crippen molar-refractivity contribution < 1.29 is 26.3 Å². The Hall–Kier alpha value is -2.40. The Morgan fingerprint density at radius 3 is 2.26 bits per heavy atom. The zero-order chi connectivity index (χ0) is 22.6. The summed E-state index contributed by atoms with van der Waals surface area (Å²) in [5.74, 6) is 0.464. The smallest absolute Gasteiger partial charge is 0.244 e. The molecule has 0 aliphatic heterocycles. The lowest BCUT2D eigenvalue weighted by atomic mass is 10.2. The Bertz CT molecular complexity index is 1230. The maximum atomic E-state index is 13.3. The molecule has 0 amide bonds. The van der Waals surface area contributed by atoms with E-state index in [0.717, 1.165) is 5.56 Å². The standard InChI is InChI=1S/C21H23NO6S3/c1-15-6-9-17(10-7-15)30(23,24)21(19-5-4-12-29-19)14-22-31(25,26)20-13-16(27-2)8-11-18(20)28-3/h4-13,21-22H,14H2,1-3H3. The third-order valence-corrected chi connectivity index (χ3v) is 9.38. The van der Waals surface area contributed by atoms with E-state index in [9.17, 15) is 16.8 Å². The van der Waals surface area contributed by atoms with Gasteiger partial charge in [-0.3, -0.25) is 0 Å². The van der Waals surface area contributed by atoms with Gasteiger partial charge in [-0.15, -0.1) is 11.3 Å². The van der Waals surface area contributed by atoms with Crippen molar-refractivity contribution in [1.82, 2.24) is 4.72 Å². The first kappa shape index (κ1) is 23.3. The van der Waals surface area contributed by atoms with E-state index in [4.69, 9.17) is 9.47 Å². The fourth-order valence-electron chi connectivity index (χ4n) is 2.99.